The Morgan fingerprint density at radius 3 is 2.48 bits per heavy atom. The molecule has 9 heteroatoms. The molecular formula is C31H37F3O6. The van der Waals surface area contributed by atoms with E-state index in [9.17, 15) is 27.9 Å². The number of benzene rings is 2. The van der Waals surface area contributed by atoms with Crippen molar-refractivity contribution in [2.24, 2.45) is 17.8 Å². The minimum absolute atomic E-state index is 0.0280. The van der Waals surface area contributed by atoms with Crippen LogP contribution in [0.1, 0.15) is 78.9 Å². The molecule has 0 amide bonds. The van der Waals surface area contributed by atoms with Crippen molar-refractivity contribution < 1.29 is 42.4 Å². The van der Waals surface area contributed by atoms with Gasteiger partial charge in [0, 0.05) is 0 Å². The third-order valence-electron chi connectivity index (χ3n) is 8.37. The first-order chi connectivity index (χ1) is 19.1. The van der Waals surface area contributed by atoms with Gasteiger partial charge in [0.15, 0.2) is 6.61 Å². The fourth-order valence-electron chi connectivity index (χ4n) is 6.36. The van der Waals surface area contributed by atoms with Crippen molar-refractivity contribution in [2.75, 3.05) is 6.61 Å². The number of ether oxygens (including phenoxy) is 2. The zero-order valence-corrected chi connectivity index (χ0v) is 22.7. The molecule has 4 rings (SSSR count). The van der Waals surface area contributed by atoms with E-state index < -0.39 is 36.4 Å². The lowest BCUT2D eigenvalue weighted by atomic mass is 9.73. The van der Waals surface area contributed by atoms with Gasteiger partial charge in [0.1, 0.15) is 11.9 Å². The number of fused-ring (bicyclic) bond motifs is 2. The van der Waals surface area contributed by atoms with Gasteiger partial charge in [0.05, 0.1) is 17.2 Å². The first-order valence-electron chi connectivity index (χ1n) is 14.1. The lowest BCUT2D eigenvalue weighted by Gasteiger charge is -2.32. The Hall–Kier alpha value is -3.07. The number of halogens is 3. The highest BCUT2D eigenvalue weighted by atomic mass is 19.4. The van der Waals surface area contributed by atoms with Crippen LogP contribution in [0.25, 0.3) is 0 Å². The maximum absolute atomic E-state index is 12.9. The molecule has 1 fully saturated rings. The third kappa shape index (κ3) is 7.36. The van der Waals surface area contributed by atoms with Gasteiger partial charge in [-0.1, -0.05) is 31.9 Å². The van der Waals surface area contributed by atoms with E-state index in [1.54, 1.807) is 6.07 Å². The van der Waals surface area contributed by atoms with E-state index in [-0.39, 0.29) is 29.4 Å². The van der Waals surface area contributed by atoms with Crippen LogP contribution in [0.4, 0.5) is 13.2 Å². The van der Waals surface area contributed by atoms with Gasteiger partial charge in [0.2, 0.25) is 0 Å². The highest BCUT2D eigenvalue weighted by Crippen LogP contribution is 2.48. The zero-order valence-electron chi connectivity index (χ0n) is 22.7. The molecule has 2 aliphatic carbocycles. The predicted molar refractivity (Wildman–Crippen MR) is 142 cm³/mol. The molecule has 5 atom stereocenters. The average molecular weight is 563 g/mol. The molecule has 2 aliphatic rings. The second-order valence-electron chi connectivity index (χ2n) is 11.1. The molecule has 40 heavy (non-hydrogen) atoms. The number of alkyl halides is 3. The molecule has 2 N–H and O–H groups in total. The Bertz CT molecular complexity index is 1160. The first-order valence-corrected chi connectivity index (χ1v) is 14.1. The van der Waals surface area contributed by atoms with Gasteiger partial charge < -0.3 is 19.7 Å². The average Bonchev–Trinajstić information content (AvgIpc) is 3.22. The van der Waals surface area contributed by atoms with Crippen molar-refractivity contribution in [2.45, 2.75) is 83.1 Å². The number of carboxylic acid groups (broad SMARTS) is 1. The number of carbonyl (C=O) groups excluding carboxylic acids is 1. The van der Waals surface area contributed by atoms with E-state index in [1.165, 1.54) is 0 Å². The smallest absolute Gasteiger partial charge is 0.416 e. The topological polar surface area (TPSA) is 93.1 Å². The molecule has 0 unspecified atom stereocenters. The summed E-state index contributed by atoms with van der Waals surface area (Å²) in [6.45, 7) is 1.68. The van der Waals surface area contributed by atoms with Crippen molar-refractivity contribution in [1.82, 2.24) is 0 Å². The molecule has 0 bridgehead atoms. The Morgan fingerprint density at radius 2 is 1.80 bits per heavy atom. The summed E-state index contributed by atoms with van der Waals surface area (Å²) in [5.74, 6) is -0.562. The number of hydrogen-bond donors (Lipinski definition) is 2. The summed E-state index contributed by atoms with van der Waals surface area (Å²) in [6, 6.07) is 9.74. The number of aliphatic hydroxyl groups is 1. The molecule has 218 valence electrons. The van der Waals surface area contributed by atoms with Crippen LogP contribution >= 0.6 is 0 Å². The fourth-order valence-corrected chi connectivity index (χ4v) is 6.36. The van der Waals surface area contributed by atoms with Gasteiger partial charge in [0.25, 0.3) is 0 Å². The highest BCUT2D eigenvalue weighted by molar-refractivity contribution is 5.89. The number of hydrogen-bond acceptors (Lipinski definition) is 5. The number of esters is 1. The molecule has 2 aromatic carbocycles. The van der Waals surface area contributed by atoms with Gasteiger partial charge >= 0.3 is 18.1 Å². The third-order valence-corrected chi connectivity index (χ3v) is 8.37. The first kappa shape index (κ1) is 29.9. The summed E-state index contributed by atoms with van der Waals surface area (Å²) in [7, 11) is 0. The second-order valence-corrected chi connectivity index (χ2v) is 11.1. The number of unbranched alkanes of at least 4 members (excludes halogenated alkanes) is 2. The summed E-state index contributed by atoms with van der Waals surface area (Å²) < 4.78 is 50.0. The Balaban J connectivity index is 1.41. The van der Waals surface area contributed by atoms with Gasteiger partial charge in [-0.25, -0.2) is 9.59 Å². The van der Waals surface area contributed by atoms with Crippen LogP contribution < -0.4 is 4.74 Å². The maximum atomic E-state index is 12.9. The van der Waals surface area contributed by atoms with Crippen molar-refractivity contribution >= 4 is 11.9 Å². The molecule has 0 aromatic heterocycles. The summed E-state index contributed by atoms with van der Waals surface area (Å²) in [5.41, 5.74) is 1.39. The second kappa shape index (κ2) is 13.1. The molecular weight excluding hydrogens is 525 g/mol. The molecule has 0 radical (unpaired) electrons. The zero-order chi connectivity index (χ0) is 28.9. The van der Waals surface area contributed by atoms with Crippen LogP contribution in [0, 0.1) is 17.8 Å². The van der Waals surface area contributed by atoms with Gasteiger partial charge in [-0.2, -0.15) is 13.2 Å². The van der Waals surface area contributed by atoms with Crippen LogP contribution in [0.15, 0.2) is 42.5 Å². The molecule has 1 saturated carbocycles. The van der Waals surface area contributed by atoms with Gasteiger partial charge in [-0.3, -0.25) is 0 Å². The van der Waals surface area contributed by atoms with Gasteiger partial charge in [-0.05, 0) is 104 Å². The SMILES string of the molecule is CCCCC[C@@H](CC[C@@H]1[C@H]2Cc3cccc(OCC(=O)O)c3C[C@H]2C[C@H]1O)OC(=O)c1ccc(C(F)(F)F)cc1. The van der Waals surface area contributed by atoms with E-state index in [0.717, 1.165) is 61.1 Å². The lowest BCUT2D eigenvalue weighted by Crippen LogP contribution is -2.29. The van der Waals surface area contributed by atoms with Gasteiger partial charge in [-0.15, -0.1) is 0 Å². The fraction of sp³-hybridized carbons (Fsp3) is 0.548. The number of carbonyl (C=O) groups is 2. The molecule has 0 saturated heterocycles. The monoisotopic (exact) mass is 562 g/mol. The van der Waals surface area contributed by atoms with E-state index in [0.29, 0.717) is 37.9 Å². The van der Waals surface area contributed by atoms with Crippen molar-refractivity contribution in [3.63, 3.8) is 0 Å². The standard InChI is InChI=1S/C31H37F3O6/c1-2-3-4-7-23(40-30(38)19-9-11-22(12-10-19)31(32,33)34)13-14-24-25-15-20-6-5-8-28(39-18-29(36)37)26(20)16-21(25)17-27(24)35/h5-6,8-12,21,23-25,27,35H,2-4,7,13-18H2,1H3,(H,36,37)/t21-,23-,24+,25-,27+/m0/s1. The van der Waals surface area contributed by atoms with Crippen molar-refractivity contribution in [3.05, 3.63) is 64.7 Å². The minimum atomic E-state index is -4.47. The molecule has 2 aromatic rings. The van der Waals surface area contributed by atoms with Crippen molar-refractivity contribution in [1.29, 1.82) is 0 Å². The van der Waals surface area contributed by atoms with E-state index in [4.69, 9.17) is 14.6 Å². The van der Waals surface area contributed by atoms with Crippen LogP contribution in [0.3, 0.4) is 0 Å². The van der Waals surface area contributed by atoms with Crippen molar-refractivity contribution in [3.8, 4) is 5.75 Å². The van der Waals surface area contributed by atoms with Crippen LogP contribution in [-0.4, -0.2) is 41.0 Å². The Labute approximate surface area is 232 Å². The summed E-state index contributed by atoms with van der Waals surface area (Å²) >= 11 is 0. The molecule has 6 nitrogen and oxygen atoms in total. The van der Waals surface area contributed by atoms with E-state index >= 15 is 0 Å². The lowest BCUT2D eigenvalue weighted by molar-refractivity contribution is -0.139. The quantitative estimate of drug-likeness (QED) is 0.228. The maximum Gasteiger partial charge on any atom is 0.416 e. The minimum Gasteiger partial charge on any atom is -0.482 e. The molecule has 0 aliphatic heterocycles. The molecule has 0 spiro atoms. The Kier molecular flexibility index (Phi) is 9.77. The number of rotatable bonds is 12. The largest absolute Gasteiger partial charge is 0.482 e. The summed E-state index contributed by atoms with van der Waals surface area (Å²) in [5, 5.41) is 20.0. The number of aliphatic hydroxyl groups excluding tert-OH is 1. The number of carboxylic acids is 1. The summed E-state index contributed by atoms with van der Waals surface area (Å²) in [4.78, 5) is 23.8. The Morgan fingerprint density at radius 1 is 1.05 bits per heavy atom. The normalized spacial score (nSPS) is 22.7. The van der Waals surface area contributed by atoms with Crippen LogP contribution in [-0.2, 0) is 28.5 Å². The summed E-state index contributed by atoms with van der Waals surface area (Å²) in [6.07, 6.45) is 1.51. The predicted octanol–water partition coefficient (Wildman–Crippen LogP) is 6.47. The number of aliphatic carboxylic acids is 1. The van der Waals surface area contributed by atoms with E-state index in [2.05, 4.69) is 6.92 Å². The van der Waals surface area contributed by atoms with Crippen LogP contribution in [0.5, 0.6) is 5.75 Å². The molecule has 0 heterocycles. The highest BCUT2D eigenvalue weighted by Gasteiger charge is 2.45. The van der Waals surface area contributed by atoms with Crippen LogP contribution in [0.2, 0.25) is 0 Å². The van der Waals surface area contributed by atoms with E-state index in [1.807, 2.05) is 12.1 Å².